The van der Waals surface area contributed by atoms with Gasteiger partial charge in [0.25, 0.3) is 0 Å². The summed E-state index contributed by atoms with van der Waals surface area (Å²) in [6.45, 7) is 9.15. The third kappa shape index (κ3) is 3.38. The zero-order valence-corrected chi connectivity index (χ0v) is 13.9. The van der Waals surface area contributed by atoms with Gasteiger partial charge in [0, 0.05) is 36.4 Å². The van der Waals surface area contributed by atoms with Crippen molar-refractivity contribution in [1.29, 1.82) is 0 Å². The molecule has 3 nitrogen and oxygen atoms in total. The summed E-state index contributed by atoms with van der Waals surface area (Å²) in [7, 11) is 4.25. The van der Waals surface area contributed by atoms with Gasteiger partial charge in [0.2, 0.25) is 0 Å². The van der Waals surface area contributed by atoms with Crippen molar-refractivity contribution in [3.63, 3.8) is 0 Å². The maximum atomic E-state index is 14.4. The molecule has 0 spiro atoms. The summed E-state index contributed by atoms with van der Waals surface area (Å²) >= 11 is 0. The molecule has 1 aromatic carbocycles. The molecule has 2 rings (SSSR count). The van der Waals surface area contributed by atoms with Crippen LogP contribution in [0, 0.1) is 11.7 Å². The Labute approximate surface area is 128 Å². The molecule has 1 aliphatic rings. The summed E-state index contributed by atoms with van der Waals surface area (Å²) in [4.78, 5) is 4.61. The van der Waals surface area contributed by atoms with E-state index in [4.69, 9.17) is 0 Å². The first-order chi connectivity index (χ1) is 9.95. The second kappa shape index (κ2) is 6.75. The zero-order chi connectivity index (χ0) is 15.6. The van der Waals surface area contributed by atoms with Crippen LogP contribution in [0.5, 0.6) is 0 Å². The van der Waals surface area contributed by atoms with Gasteiger partial charge < -0.3 is 15.1 Å². The van der Waals surface area contributed by atoms with Crippen LogP contribution >= 0.6 is 0 Å². The van der Waals surface area contributed by atoms with Crippen LogP contribution in [0.3, 0.4) is 0 Å². The summed E-state index contributed by atoms with van der Waals surface area (Å²) in [5, 5.41) is 3.33. The lowest BCUT2D eigenvalue weighted by Gasteiger charge is -2.26. The summed E-state index contributed by atoms with van der Waals surface area (Å²) in [5.74, 6) is 0.479. The van der Waals surface area contributed by atoms with Crippen molar-refractivity contribution in [1.82, 2.24) is 10.2 Å². The van der Waals surface area contributed by atoms with Crippen molar-refractivity contribution in [2.75, 3.05) is 38.6 Å². The maximum Gasteiger partial charge on any atom is 0.130 e. The molecule has 1 N–H and O–H groups in total. The van der Waals surface area contributed by atoms with E-state index >= 15 is 0 Å². The van der Waals surface area contributed by atoms with E-state index in [1.807, 2.05) is 13.0 Å². The van der Waals surface area contributed by atoms with Crippen LogP contribution in [0.4, 0.5) is 10.1 Å². The van der Waals surface area contributed by atoms with E-state index in [9.17, 15) is 4.39 Å². The van der Waals surface area contributed by atoms with E-state index < -0.39 is 0 Å². The average molecular weight is 293 g/mol. The van der Waals surface area contributed by atoms with Crippen LogP contribution in [-0.2, 0) is 0 Å². The third-order valence-corrected chi connectivity index (χ3v) is 4.55. The van der Waals surface area contributed by atoms with E-state index in [-0.39, 0.29) is 11.9 Å². The Morgan fingerprint density at radius 3 is 2.67 bits per heavy atom. The van der Waals surface area contributed by atoms with Crippen LogP contribution in [0.25, 0.3) is 0 Å². The highest BCUT2D eigenvalue weighted by atomic mass is 19.1. The second-order valence-electron chi connectivity index (χ2n) is 6.37. The first kappa shape index (κ1) is 16.2. The van der Waals surface area contributed by atoms with Gasteiger partial charge in [0.1, 0.15) is 5.82 Å². The molecule has 0 amide bonds. The van der Waals surface area contributed by atoms with Gasteiger partial charge in [0.05, 0.1) is 0 Å². The SMILES string of the molecule is CCNC(C)c1c(F)cccc1N1CC(C)C(N(C)C)C1. The minimum Gasteiger partial charge on any atom is -0.369 e. The Morgan fingerprint density at radius 1 is 1.38 bits per heavy atom. The van der Waals surface area contributed by atoms with E-state index in [2.05, 4.69) is 49.1 Å². The molecule has 21 heavy (non-hydrogen) atoms. The molecule has 0 radical (unpaired) electrons. The Bertz CT molecular complexity index is 475. The summed E-state index contributed by atoms with van der Waals surface area (Å²) in [6.07, 6.45) is 0. The third-order valence-electron chi connectivity index (χ3n) is 4.55. The molecule has 0 bridgehead atoms. The molecular weight excluding hydrogens is 265 g/mol. The minimum atomic E-state index is -0.109. The van der Waals surface area contributed by atoms with Crippen LogP contribution in [0.2, 0.25) is 0 Å². The van der Waals surface area contributed by atoms with Crippen molar-refractivity contribution in [2.24, 2.45) is 5.92 Å². The van der Waals surface area contributed by atoms with Gasteiger partial charge in [-0.1, -0.05) is 19.9 Å². The fraction of sp³-hybridized carbons (Fsp3) is 0.647. The molecule has 0 aliphatic carbocycles. The molecule has 1 heterocycles. The second-order valence-corrected chi connectivity index (χ2v) is 6.37. The molecule has 0 aromatic heterocycles. The molecule has 1 fully saturated rings. The molecule has 4 heteroatoms. The largest absolute Gasteiger partial charge is 0.369 e. The quantitative estimate of drug-likeness (QED) is 0.900. The highest BCUT2D eigenvalue weighted by Gasteiger charge is 2.33. The predicted octanol–water partition coefficient (Wildman–Crippen LogP) is 2.88. The van der Waals surface area contributed by atoms with Crippen molar-refractivity contribution < 1.29 is 4.39 Å². The standard InChI is InChI=1S/C17H28FN3/c1-6-19-13(3)17-14(18)8-7-9-15(17)21-10-12(2)16(11-21)20(4)5/h7-9,12-13,16,19H,6,10-11H2,1-5H3. The number of anilines is 1. The molecule has 1 aromatic rings. The average Bonchev–Trinajstić information content (AvgIpc) is 2.80. The van der Waals surface area contributed by atoms with E-state index in [1.165, 1.54) is 0 Å². The van der Waals surface area contributed by atoms with Gasteiger partial charge in [-0.2, -0.15) is 0 Å². The smallest absolute Gasteiger partial charge is 0.130 e. The number of benzene rings is 1. The number of rotatable bonds is 5. The number of hydrogen-bond donors (Lipinski definition) is 1. The zero-order valence-electron chi connectivity index (χ0n) is 13.9. The normalized spacial score (nSPS) is 23.9. The molecule has 3 unspecified atom stereocenters. The van der Waals surface area contributed by atoms with Crippen LogP contribution in [-0.4, -0.2) is 44.7 Å². The Kier molecular flexibility index (Phi) is 5.22. The van der Waals surface area contributed by atoms with Crippen molar-refractivity contribution in [2.45, 2.75) is 32.9 Å². The van der Waals surface area contributed by atoms with Crippen molar-refractivity contribution in [3.8, 4) is 0 Å². The van der Waals surface area contributed by atoms with Crippen LogP contribution in [0.1, 0.15) is 32.4 Å². The van der Waals surface area contributed by atoms with E-state index in [1.54, 1.807) is 6.07 Å². The predicted molar refractivity (Wildman–Crippen MR) is 87.3 cm³/mol. The number of halogens is 1. The topological polar surface area (TPSA) is 18.5 Å². The Morgan fingerprint density at radius 2 is 2.10 bits per heavy atom. The molecule has 118 valence electrons. The maximum absolute atomic E-state index is 14.4. The molecule has 3 atom stereocenters. The fourth-order valence-corrected chi connectivity index (χ4v) is 3.46. The number of nitrogens with zero attached hydrogens (tertiary/aromatic N) is 2. The first-order valence-corrected chi connectivity index (χ1v) is 7.88. The summed E-state index contributed by atoms with van der Waals surface area (Å²) in [5.41, 5.74) is 1.84. The Balaban J connectivity index is 2.30. The first-order valence-electron chi connectivity index (χ1n) is 7.88. The fourth-order valence-electron chi connectivity index (χ4n) is 3.46. The Hall–Kier alpha value is -1.13. The van der Waals surface area contributed by atoms with Gasteiger partial charge in [-0.15, -0.1) is 0 Å². The van der Waals surface area contributed by atoms with Crippen molar-refractivity contribution >= 4 is 5.69 Å². The lowest BCUT2D eigenvalue weighted by molar-refractivity contribution is 0.266. The minimum absolute atomic E-state index is 0.0277. The van der Waals surface area contributed by atoms with Gasteiger partial charge in [0.15, 0.2) is 0 Å². The van der Waals surface area contributed by atoms with Crippen molar-refractivity contribution in [3.05, 3.63) is 29.6 Å². The van der Waals surface area contributed by atoms with Gasteiger partial charge in [-0.3, -0.25) is 0 Å². The molecular formula is C17H28FN3. The van der Waals surface area contributed by atoms with Crippen LogP contribution < -0.4 is 10.2 Å². The molecule has 0 saturated carbocycles. The number of hydrogen-bond acceptors (Lipinski definition) is 3. The van der Waals surface area contributed by atoms with E-state index in [0.29, 0.717) is 12.0 Å². The van der Waals surface area contributed by atoms with Crippen LogP contribution in [0.15, 0.2) is 18.2 Å². The number of likely N-dealkylation sites (N-methyl/N-ethyl adjacent to an activating group) is 1. The number of nitrogens with one attached hydrogen (secondary N) is 1. The molecule has 1 saturated heterocycles. The van der Waals surface area contributed by atoms with Gasteiger partial charge in [-0.25, -0.2) is 4.39 Å². The lowest BCUT2D eigenvalue weighted by atomic mass is 10.0. The highest BCUT2D eigenvalue weighted by molar-refractivity contribution is 5.56. The van der Waals surface area contributed by atoms with Gasteiger partial charge in [-0.05, 0) is 45.6 Å². The van der Waals surface area contributed by atoms with E-state index in [0.717, 1.165) is 30.9 Å². The molecule has 1 aliphatic heterocycles. The summed E-state index contributed by atoms with van der Waals surface area (Å²) in [6, 6.07) is 5.99. The lowest BCUT2D eigenvalue weighted by Crippen LogP contribution is -2.34. The monoisotopic (exact) mass is 293 g/mol. The van der Waals surface area contributed by atoms with Gasteiger partial charge >= 0.3 is 0 Å². The highest BCUT2D eigenvalue weighted by Crippen LogP contribution is 2.33. The summed E-state index contributed by atoms with van der Waals surface area (Å²) < 4.78 is 14.4.